The lowest BCUT2D eigenvalue weighted by atomic mass is 9.99. The second kappa shape index (κ2) is 5.17. The van der Waals surface area contributed by atoms with Crippen LogP contribution in [0, 0.1) is 17.7 Å². The third-order valence-electron chi connectivity index (χ3n) is 3.38. The molecule has 0 bridgehead atoms. The van der Waals surface area contributed by atoms with Crippen molar-refractivity contribution < 1.29 is 19.1 Å². The third-order valence-corrected chi connectivity index (χ3v) is 3.69. The molecule has 102 valence electrons. The van der Waals surface area contributed by atoms with Gasteiger partial charge in [0, 0.05) is 13.1 Å². The topological polar surface area (TPSA) is 57.6 Å². The highest BCUT2D eigenvalue weighted by atomic mass is 35.5. The van der Waals surface area contributed by atoms with Gasteiger partial charge in [-0.3, -0.25) is 9.59 Å². The third kappa shape index (κ3) is 2.71. The van der Waals surface area contributed by atoms with E-state index in [0.29, 0.717) is 6.54 Å². The molecule has 0 radical (unpaired) electrons. The summed E-state index contributed by atoms with van der Waals surface area (Å²) in [5.74, 6) is -2.46. The molecule has 1 aromatic rings. The number of rotatable bonds is 2. The Labute approximate surface area is 114 Å². The van der Waals surface area contributed by atoms with Crippen LogP contribution in [0.1, 0.15) is 17.3 Å². The maximum atomic E-state index is 12.9. The number of carbonyl (C=O) groups is 2. The van der Waals surface area contributed by atoms with Gasteiger partial charge in [0.2, 0.25) is 0 Å². The first-order chi connectivity index (χ1) is 8.90. The highest BCUT2D eigenvalue weighted by Gasteiger charge is 2.37. The lowest BCUT2D eigenvalue weighted by Gasteiger charge is -2.16. The molecule has 1 amide bonds. The van der Waals surface area contributed by atoms with Crippen LogP contribution in [0.3, 0.4) is 0 Å². The maximum absolute atomic E-state index is 12.9. The zero-order valence-electron chi connectivity index (χ0n) is 10.3. The summed E-state index contributed by atoms with van der Waals surface area (Å²) in [7, 11) is 0. The number of hydrogen-bond acceptors (Lipinski definition) is 2. The minimum absolute atomic E-state index is 0.0384. The number of benzene rings is 1. The van der Waals surface area contributed by atoms with Gasteiger partial charge in [-0.05, 0) is 24.1 Å². The van der Waals surface area contributed by atoms with Gasteiger partial charge in [0.15, 0.2) is 0 Å². The number of carbonyl (C=O) groups excluding carboxylic acids is 1. The molecular formula is C13H13ClFNO3. The summed E-state index contributed by atoms with van der Waals surface area (Å²) in [5, 5.41) is 9.07. The van der Waals surface area contributed by atoms with Crippen LogP contribution in [0.5, 0.6) is 0 Å². The Balaban J connectivity index is 2.19. The number of nitrogens with zero attached hydrogens (tertiary/aromatic N) is 1. The van der Waals surface area contributed by atoms with E-state index in [1.54, 1.807) is 6.92 Å². The summed E-state index contributed by atoms with van der Waals surface area (Å²) in [4.78, 5) is 24.7. The molecule has 2 rings (SSSR count). The maximum Gasteiger partial charge on any atom is 0.308 e. The molecule has 6 heteroatoms. The standard InChI is InChI=1S/C13H13ClFNO3/c1-7-5-16(6-10(7)13(18)19)12(17)9-3-2-8(15)4-11(9)14/h2-4,7,10H,5-6H2,1H3,(H,18,19)/t7-,10-/m1/s1. The van der Waals surface area contributed by atoms with Crippen molar-refractivity contribution in [1.82, 2.24) is 4.90 Å². The van der Waals surface area contributed by atoms with E-state index >= 15 is 0 Å². The minimum Gasteiger partial charge on any atom is -0.481 e. The first-order valence-electron chi connectivity index (χ1n) is 5.87. The lowest BCUT2D eigenvalue weighted by molar-refractivity contribution is -0.142. The van der Waals surface area contributed by atoms with Crippen molar-refractivity contribution in [1.29, 1.82) is 0 Å². The van der Waals surface area contributed by atoms with Gasteiger partial charge < -0.3 is 10.0 Å². The van der Waals surface area contributed by atoms with Crippen molar-refractivity contribution in [3.8, 4) is 0 Å². The molecule has 4 nitrogen and oxygen atoms in total. The number of aliphatic carboxylic acids is 1. The van der Waals surface area contributed by atoms with E-state index in [2.05, 4.69) is 0 Å². The van der Waals surface area contributed by atoms with E-state index in [0.717, 1.165) is 12.1 Å². The minimum atomic E-state index is -0.909. The molecular weight excluding hydrogens is 273 g/mol. The Hall–Kier alpha value is -1.62. The molecule has 1 heterocycles. The Morgan fingerprint density at radius 2 is 2.11 bits per heavy atom. The van der Waals surface area contributed by atoms with Crippen LogP contribution in [0.2, 0.25) is 5.02 Å². The van der Waals surface area contributed by atoms with Crippen molar-refractivity contribution in [2.75, 3.05) is 13.1 Å². The number of carboxylic acid groups (broad SMARTS) is 1. The molecule has 1 aromatic carbocycles. The van der Waals surface area contributed by atoms with Gasteiger partial charge in [-0.15, -0.1) is 0 Å². The second-order valence-corrected chi connectivity index (χ2v) is 5.16. The first kappa shape index (κ1) is 13.8. The Morgan fingerprint density at radius 1 is 1.42 bits per heavy atom. The van der Waals surface area contributed by atoms with Gasteiger partial charge in [-0.25, -0.2) is 4.39 Å². The summed E-state index contributed by atoms with van der Waals surface area (Å²) < 4.78 is 12.9. The summed E-state index contributed by atoms with van der Waals surface area (Å²) in [5.41, 5.74) is 0.196. The fourth-order valence-corrected chi connectivity index (χ4v) is 2.54. The summed E-state index contributed by atoms with van der Waals surface area (Å²) >= 11 is 5.83. The van der Waals surface area contributed by atoms with Gasteiger partial charge >= 0.3 is 5.97 Å². The molecule has 1 saturated heterocycles. The van der Waals surface area contributed by atoms with Gasteiger partial charge in [0.05, 0.1) is 16.5 Å². The zero-order chi connectivity index (χ0) is 14.2. The van der Waals surface area contributed by atoms with E-state index in [4.69, 9.17) is 16.7 Å². The highest BCUT2D eigenvalue weighted by molar-refractivity contribution is 6.33. The smallest absolute Gasteiger partial charge is 0.308 e. The van der Waals surface area contributed by atoms with Crippen LogP contribution < -0.4 is 0 Å². The molecule has 0 unspecified atom stereocenters. The molecule has 0 aliphatic carbocycles. The second-order valence-electron chi connectivity index (χ2n) is 4.76. The molecule has 0 aromatic heterocycles. The predicted molar refractivity (Wildman–Crippen MR) is 67.6 cm³/mol. The van der Waals surface area contributed by atoms with E-state index in [-0.39, 0.29) is 29.0 Å². The Bertz CT molecular complexity index is 535. The fourth-order valence-electron chi connectivity index (χ4n) is 2.29. The molecule has 1 aliphatic rings. The zero-order valence-corrected chi connectivity index (χ0v) is 11.0. The first-order valence-corrected chi connectivity index (χ1v) is 6.25. The molecule has 0 spiro atoms. The largest absolute Gasteiger partial charge is 0.481 e. The van der Waals surface area contributed by atoms with Gasteiger partial charge in [-0.2, -0.15) is 0 Å². The summed E-state index contributed by atoms with van der Waals surface area (Å²) in [6, 6.07) is 3.55. The number of carboxylic acids is 1. The number of halogens is 2. The van der Waals surface area contributed by atoms with Crippen LogP contribution in [0.25, 0.3) is 0 Å². The van der Waals surface area contributed by atoms with Crippen LogP contribution in [0.15, 0.2) is 18.2 Å². The SMILES string of the molecule is C[C@@H]1CN(C(=O)c2ccc(F)cc2Cl)C[C@H]1C(=O)O. The normalized spacial score (nSPS) is 22.6. The number of likely N-dealkylation sites (tertiary alicyclic amines) is 1. The van der Waals surface area contributed by atoms with Gasteiger partial charge in [0.25, 0.3) is 5.91 Å². The van der Waals surface area contributed by atoms with Gasteiger partial charge in [-0.1, -0.05) is 18.5 Å². The van der Waals surface area contributed by atoms with Crippen molar-refractivity contribution >= 4 is 23.5 Å². The quantitative estimate of drug-likeness (QED) is 0.907. The molecule has 2 atom stereocenters. The van der Waals surface area contributed by atoms with Crippen molar-refractivity contribution in [3.63, 3.8) is 0 Å². The van der Waals surface area contributed by atoms with Crippen molar-refractivity contribution in [3.05, 3.63) is 34.6 Å². The highest BCUT2D eigenvalue weighted by Crippen LogP contribution is 2.27. The number of amides is 1. The molecule has 1 fully saturated rings. The number of hydrogen-bond donors (Lipinski definition) is 1. The predicted octanol–water partition coefficient (Wildman–Crippen LogP) is 2.27. The summed E-state index contributed by atoms with van der Waals surface area (Å²) in [6.07, 6.45) is 0. The van der Waals surface area contributed by atoms with E-state index in [1.165, 1.54) is 11.0 Å². The van der Waals surface area contributed by atoms with Crippen molar-refractivity contribution in [2.45, 2.75) is 6.92 Å². The fraction of sp³-hybridized carbons (Fsp3) is 0.385. The average Bonchev–Trinajstić information content (AvgIpc) is 2.70. The van der Waals surface area contributed by atoms with Crippen molar-refractivity contribution in [2.24, 2.45) is 11.8 Å². The van der Waals surface area contributed by atoms with Crippen LogP contribution in [-0.4, -0.2) is 35.0 Å². The molecule has 1 aliphatic heterocycles. The van der Waals surface area contributed by atoms with E-state index in [1.807, 2.05) is 0 Å². The molecule has 0 saturated carbocycles. The average molecular weight is 286 g/mol. The van der Waals surface area contributed by atoms with Crippen LogP contribution >= 0.6 is 11.6 Å². The summed E-state index contributed by atoms with van der Waals surface area (Å²) in [6.45, 7) is 2.31. The van der Waals surface area contributed by atoms with Gasteiger partial charge in [0.1, 0.15) is 5.82 Å². The molecule has 19 heavy (non-hydrogen) atoms. The lowest BCUT2D eigenvalue weighted by Crippen LogP contribution is -2.30. The Morgan fingerprint density at radius 3 is 2.63 bits per heavy atom. The Kier molecular flexibility index (Phi) is 3.75. The molecule has 1 N–H and O–H groups in total. The van der Waals surface area contributed by atoms with Crippen LogP contribution in [0.4, 0.5) is 4.39 Å². The van der Waals surface area contributed by atoms with E-state index < -0.39 is 17.7 Å². The van der Waals surface area contributed by atoms with E-state index in [9.17, 15) is 14.0 Å². The monoisotopic (exact) mass is 285 g/mol. The van der Waals surface area contributed by atoms with Crippen LogP contribution in [-0.2, 0) is 4.79 Å².